The van der Waals surface area contributed by atoms with Gasteiger partial charge in [0.2, 0.25) is 0 Å². The van der Waals surface area contributed by atoms with Gasteiger partial charge in [0.1, 0.15) is 16.3 Å². The Morgan fingerprint density at radius 3 is 2.22 bits per heavy atom. The number of ether oxygens (including phenoxy) is 4. The van der Waals surface area contributed by atoms with E-state index >= 15 is 0 Å². The third kappa shape index (κ3) is 7.47. The maximum atomic E-state index is 13.0. The van der Waals surface area contributed by atoms with Crippen molar-refractivity contribution in [2.75, 3.05) is 11.5 Å². The molecule has 2 heterocycles. The summed E-state index contributed by atoms with van der Waals surface area (Å²) in [4.78, 5) is 42.2. The quantitative estimate of drug-likeness (QED) is 0.0745. The zero-order chi connectivity index (χ0) is 32.0. The van der Waals surface area contributed by atoms with E-state index in [9.17, 15) is 30.8 Å². The highest BCUT2D eigenvalue weighted by Crippen LogP contribution is 2.55. The van der Waals surface area contributed by atoms with Gasteiger partial charge in [-0.15, -0.1) is 23.5 Å². The van der Waals surface area contributed by atoms with Gasteiger partial charge in [0.25, 0.3) is 5.69 Å². The zero-order valence-electron chi connectivity index (χ0n) is 24.0. The largest absolute Gasteiger partial charge is 0.456 e. The fraction of sp³-hybridized carbons (Fsp3) is 0.500. The highest BCUT2D eigenvalue weighted by Gasteiger charge is 2.55. The molecule has 0 bridgehead atoms. The molecular formula is C28H29N7O8S2. The van der Waals surface area contributed by atoms with E-state index in [1.807, 2.05) is 0 Å². The Morgan fingerprint density at radius 2 is 1.58 bits per heavy atom. The van der Waals surface area contributed by atoms with Gasteiger partial charge in [-0.05, 0) is 48.7 Å². The minimum Gasteiger partial charge on any atom is -0.456 e. The summed E-state index contributed by atoms with van der Waals surface area (Å²) in [5.74, 6) is 0.386. The highest BCUT2D eigenvalue weighted by atomic mass is 32.2. The number of carbonyl (C=O) groups is 2. The van der Waals surface area contributed by atoms with Crippen LogP contribution in [0.25, 0.3) is 20.9 Å². The van der Waals surface area contributed by atoms with E-state index in [0.717, 1.165) is 11.5 Å². The van der Waals surface area contributed by atoms with E-state index in [0.29, 0.717) is 12.0 Å². The molecule has 1 aliphatic carbocycles. The first-order valence-corrected chi connectivity index (χ1v) is 16.1. The van der Waals surface area contributed by atoms with Crippen LogP contribution in [0.5, 0.6) is 0 Å². The number of carbonyl (C=O) groups excluding carboxylic acids is 2. The molecule has 0 aromatic heterocycles. The number of azide groups is 2. The Kier molecular flexibility index (Phi) is 10.4. The van der Waals surface area contributed by atoms with E-state index < -0.39 is 63.7 Å². The lowest BCUT2D eigenvalue weighted by Gasteiger charge is -2.47. The molecule has 0 amide bonds. The predicted octanol–water partition coefficient (Wildman–Crippen LogP) is 6.19. The van der Waals surface area contributed by atoms with Crippen molar-refractivity contribution in [1.82, 2.24) is 0 Å². The van der Waals surface area contributed by atoms with Crippen LogP contribution in [0.4, 0.5) is 5.69 Å². The van der Waals surface area contributed by atoms with Gasteiger partial charge in [-0.1, -0.05) is 28.4 Å². The number of nitrogens with zero attached hydrogens (tertiary/aromatic N) is 7. The molecule has 17 heteroatoms. The second-order valence-corrected chi connectivity index (χ2v) is 13.7. The first kappa shape index (κ1) is 32.4. The zero-order valence-corrected chi connectivity index (χ0v) is 25.6. The molecule has 15 nitrogen and oxygen atoms in total. The molecule has 45 heavy (non-hydrogen) atoms. The van der Waals surface area contributed by atoms with Crippen molar-refractivity contribution in [3.8, 4) is 0 Å². The molecule has 0 unspecified atom stereocenters. The van der Waals surface area contributed by atoms with Crippen LogP contribution in [-0.4, -0.2) is 75.2 Å². The molecule has 2 aromatic rings. The van der Waals surface area contributed by atoms with Crippen molar-refractivity contribution in [1.29, 1.82) is 0 Å². The summed E-state index contributed by atoms with van der Waals surface area (Å²) < 4.78 is 23.5. The Balaban J connectivity index is 1.28. The molecule has 1 spiro atoms. The predicted molar refractivity (Wildman–Crippen MR) is 165 cm³/mol. The number of hydrogen-bond acceptors (Lipinski definition) is 12. The topological polar surface area (TPSA) is 212 Å². The minimum atomic E-state index is -0.945. The molecule has 3 fully saturated rings. The van der Waals surface area contributed by atoms with Crippen LogP contribution in [0.15, 0.2) is 64.8 Å². The maximum absolute atomic E-state index is 13.0. The lowest BCUT2D eigenvalue weighted by atomic mass is 9.89. The third-order valence-electron chi connectivity index (χ3n) is 7.76. The van der Waals surface area contributed by atoms with Crippen molar-refractivity contribution < 1.29 is 33.5 Å². The van der Waals surface area contributed by atoms with Crippen LogP contribution in [0.3, 0.4) is 0 Å². The van der Waals surface area contributed by atoms with Gasteiger partial charge in [-0.25, -0.2) is 9.59 Å². The van der Waals surface area contributed by atoms with Crippen LogP contribution >= 0.6 is 23.5 Å². The fourth-order valence-corrected chi connectivity index (χ4v) is 9.28. The molecule has 2 saturated heterocycles. The number of non-ortho nitro benzene ring substituents is 1. The van der Waals surface area contributed by atoms with Gasteiger partial charge in [-0.3, -0.25) is 10.1 Å². The summed E-state index contributed by atoms with van der Waals surface area (Å²) in [5, 5.41) is 18.8. The first-order chi connectivity index (χ1) is 21.7. The first-order valence-electron chi connectivity index (χ1n) is 14.1. The number of benzene rings is 2. The van der Waals surface area contributed by atoms with Gasteiger partial charge in [0.05, 0.1) is 40.3 Å². The molecule has 236 valence electrons. The maximum Gasteiger partial charge on any atom is 0.338 e. The van der Waals surface area contributed by atoms with Gasteiger partial charge in [0, 0.05) is 46.3 Å². The monoisotopic (exact) mass is 655 g/mol. The van der Waals surface area contributed by atoms with Crippen LogP contribution < -0.4 is 0 Å². The number of hydrogen-bond donors (Lipinski definition) is 0. The number of nitro groups is 1. The molecule has 1 saturated carbocycles. The summed E-state index contributed by atoms with van der Waals surface area (Å²) in [6, 6.07) is 12.1. The van der Waals surface area contributed by atoms with Gasteiger partial charge in [0.15, 0.2) is 6.29 Å². The van der Waals surface area contributed by atoms with E-state index in [4.69, 9.17) is 18.9 Å². The van der Waals surface area contributed by atoms with Crippen molar-refractivity contribution in [2.24, 2.45) is 10.2 Å². The fourth-order valence-electron chi connectivity index (χ4n) is 5.74. The average Bonchev–Trinajstić information content (AvgIpc) is 3.49. The van der Waals surface area contributed by atoms with E-state index in [1.54, 1.807) is 60.8 Å². The van der Waals surface area contributed by atoms with Crippen LogP contribution in [0, 0.1) is 10.1 Å². The van der Waals surface area contributed by atoms with Crippen molar-refractivity contribution in [3.63, 3.8) is 0 Å². The molecule has 2 aromatic carbocycles. The van der Waals surface area contributed by atoms with Crippen molar-refractivity contribution >= 4 is 41.1 Å². The summed E-state index contributed by atoms with van der Waals surface area (Å²) in [6.45, 7) is 1.66. The number of nitro benzene ring substituents is 1. The SMILES string of the molecule is C[C@@H]1O[C@@H](O[C@@H]2C[C@@H](N=[N+]=[N-])[C@H](OC(=O)c3ccccc3)C3(C2)SCCS3)C[C@@H](N=[N+]=[N-])[C@H]1OC(=O)c1ccc([N+](=O)[O-])cc1. The molecule has 0 radical (unpaired) electrons. The normalized spacial score (nSPS) is 28.7. The van der Waals surface area contributed by atoms with Crippen LogP contribution in [-0.2, 0) is 18.9 Å². The Labute approximate surface area is 265 Å². The second-order valence-electron chi connectivity index (χ2n) is 10.6. The molecule has 5 rings (SSSR count). The third-order valence-corrected chi connectivity index (χ3v) is 11.3. The van der Waals surface area contributed by atoms with E-state index in [-0.39, 0.29) is 24.1 Å². The highest BCUT2D eigenvalue weighted by molar-refractivity contribution is 8.21. The Bertz CT molecular complexity index is 1500. The Morgan fingerprint density at radius 1 is 0.956 bits per heavy atom. The lowest BCUT2D eigenvalue weighted by Crippen LogP contribution is -2.55. The summed E-state index contributed by atoms with van der Waals surface area (Å²) >= 11 is 3.29. The van der Waals surface area contributed by atoms with Gasteiger partial charge in [-0.2, -0.15) is 0 Å². The van der Waals surface area contributed by atoms with Gasteiger partial charge >= 0.3 is 11.9 Å². The molecule has 3 aliphatic rings. The lowest BCUT2D eigenvalue weighted by molar-refractivity contribution is -0.384. The van der Waals surface area contributed by atoms with E-state index in [2.05, 4.69) is 20.1 Å². The smallest absolute Gasteiger partial charge is 0.338 e. The average molecular weight is 656 g/mol. The minimum absolute atomic E-state index is 0.0784. The molecular weight excluding hydrogens is 626 g/mol. The molecule has 0 N–H and O–H groups in total. The number of esters is 2. The van der Waals surface area contributed by atoms with Gasteiger partial charge < -0.3 is 18.9 Å². The second kappa shape index (κ2) is 14.4. The molecule has 7 atom stereocenters. The molecule has 2 aliphatic heterocycles. The Hall–Kier alpha value is -3.98. The standard InChI is InChI=1S/C28H29N7O8S2/c1-16-24(42-26(36)18-7-9-19(10-8-18)35(38)39)21(31-33-29)14-23(40-16)41-20-13-22(32-34-30)25(28(15-20)44-11-12-45-28)43-27(37)17-5-3-2-4-6-17/h2-10,16,20-25H,11-15H2,1H3/t16-,20+,21+,22+,23-,24-,25-/m0/s1. The number of thioether (sulfide) groups is 2. The van der Waals surface area contributed by atoms with Crippen molar-refractivity contribution in [3.05, 3.63) is 96.7 Å². The van der Waals surface area contributed by atoms with Crippen molar-refractivity contribution in [2.45, 2.75) is 73.1 Å². The van der Waals surface area contributed by atoms with Crippen LogP contribution in [0.2, 0.25) is 0 Å². The summed E-state index contributed by atoms with van der Waals surface area (Å²) in [5.41, 5.74) is 19.0. The van der Waals surface area contributed by atoms with Crippen LogP contribution in [0.1, 0.15) is 46.9 Å². The van der Waals surface area contributed by atoms with E-state index in [1.165, 1.54) is 24.3 Å². The summed E-state index contributed by atoms with van der Waals surface area (Å²) in [6.07, 6.45) is -2.84. The number of rotatable bonds is 9. The summed E-state index contributed by atoms with van der Waals surface area (Å²) in [7, 11) is 0.